The lowest BCUT2D eigenvalue weighted by molar-refractivity contribution is 0.258. The fraction of sp³-hybridized carbons (Fsp3) is 0.833. The van der Waals surface area contributed by atoms with E-state index in [1.807, 2.05) is 0 Å². The molecule has 1 nitrogen and oxygen atoms in total. The number of rotatable bonds is 5. The second-order valence-electron chi connectivity index (χ2n) is 4.35. The summed E-state index contributed by atoms with van der Waals surface area (Å²) in [4.78, 5) is 2.46. The minimum atomic E-state index is 0.791. The van der Waals surface area contributed by atoms with Gasteiger partial charge in [-0.25, -0.2) is 0 Å². The first kappa shape index (κ1) is 10.8. The van der Waals surface area contributed by atoms with Crippen molar-refractivity contribution in [2.24, 2.45) is 11.8 Å². The summed E-state index contributed by atoms with van der Waals surface area (Å²) in [5.74, 6) is 1.67. The van der Waals surface area contributed by atoms with Crippen molar-refractivity contribution in [2.75, 3.05) is 20.1 Å². The highest BCUT2D eigenvalue weighted by Gasteiger charge is 2.25. The minimum Gasteiger partial charge on any atom is -0.306 e. The van der Waals surface area contributed by atoms with Crippen LogP contribution in [0.1, 0.15) is 32.6 Å². The highest BCUT2D eigenvalue weighted by molar-refractivity contribution is 4.90. The maximum atomic E-state index is 3.93. The zero-order chi connectivity index (χ0) is 9.68. The van der Waals surface area contributed by atoms with Crippen LogP contribution in [0.25, 0.3) is 0 Å². The third-order valence-electron chi connectivity index (χ3n) is 3.17. The minimum absolute atomic E-state index is 0.791. The van der Waals surface area contributed by atoms with Crippen LogP contribution in [0.3, 0.4) is 0 Å². The van der Waals surface area contributed by atoms with Crippen molar-refractivity contribution in [1.82, 2.24) is 4.90 Å². The molecule has 76 valence electrons. The third kappa shape index (κ3) is 3.15. The van der Waals surface area contributed by atoms with Gasteiger partial charge >= 0.3 is 0 Å². The maximum Gasteiger partial charge on any atom is 0.00122 e. The quantitative estimate of drug-likeness (QED) is 0.589. The molecule has 1 rings (SSSR count). The highest BCUT2D eigenvalue weighted by atomic mass is 15.1. The summed E-state index contributed by atoms with van der Waals surface area (Å²) < 4.78 is 0. The zero-order valence-electron chi connectivity index (χ0n) is 9.13. The van der Waals surface area contributed by atoms with Crippen molar-refractivity contribution >= 4 is 0 Å². The van der Waals surface area contributed by atoms with Crippen molar-refractivity contribution in [3.05, 3.63) is 12.7 Å². The molecule has 1 aliphatic carbocycles. The predicted octanol–water partition coefficient (Wildman–Crippen LogP) is 2.93. The second kappa shape index (κ2) is 5.43. The lowest BCUT2D eigenvalue weighted by Crippen LogP contribution is -2.27. The molecule has 2 unspecified atom stereocenters. The first-order chi connectivity index (χ1) is 6.27. The highest BCUT2D eigenvalue weighted by Crippen LogP contribution is 2.32. The Morgan fingerprint density at radius 3 is 2.85 bits per heavy atom. The largest absolute Gasteiger partial charge is 0.306 e. The van der Waals surface area contributed by atoms with Gasteiger partial charge in [0.25, 0.3) is 0 Å². The fourth-order valence-electron chi connectivity index (χ4n) is 2.48. The molecule has 0 aromatic carbocycles. The summed E-state index contributed by atoms with van der Waals surface area (Å²) in [7, 11) is 2.24. The Bertz CT molecular complexity index is 153. The molecule has 1 saturated carbocycles. The van der Waals surface area contributed by atoms with E-state index in [9.17, 15) is 0 Å². The Morgan fingerprint density at radius 1 is 1.46 bits per heavy atom. The van der Waals surface area contributed by atoms with Gasteiger partial charge in [-0.2, -0.15) is 0 Å². The molecule has 0 spiro atoms. The monoisotopic (exact) mass is 181 g/mol. The van der Waals surface area contributed by atoms with Crippen LogP contribution in [0.2, 0.25) is 0 Å². The van der Waals surface area contributed by atoms with Gasteiger partial charge in [-0.3, -0.25) is 0 Å². The van der Waals surface area contributed by atoms with Crippen molar-refractivity contribution in [3.8, 4) is 0 Å². The van der Waals surface area contributed by atoms with Gasteiger partial charge in [0.2, 0.25) is 0 Å². The SMILES string of the molecule is C=CC1CCCC1CN(C)CCC. The fourth-order valence-corrected chi connectivity index (χ4v) is 2.48. The van der Waals surface area contributed by atoms with Crippen LogP contribution >= 0.6 is 0 Å². The molecule has 1 aliphatic rings. The van der Waals surface area contributed by atoms with Crippen LogP contribution in [-0.2, 0) is 0 Å². The molecular weight excluding hydrogens is 158 g/mol. The molecule has 0 saturated heterocycles. The number of allylic oxidation sites excluding steroid dienone is 1. The van der Waals surface area contributed by atoms with Crippen molar-refractivity contribution in [1.29, 1.82) is 0 Å². The number of hydrogen-bond donors (Lipinski definition) is 0. The lowest BCUT2D eigenvalue weighted by atomic mass is 9.96. The molecule has 2 atom stereocenters. The first-order valence-corrected chi connectivity index (χ1v) is 5.59. The molecule has 0 aromatic heterocycles. The summed E-state index contributed by atoms with van der Waals surface area (Å²) in [5.41, 5.74) is 0. The first-order valence-electron chi connectivity index (χ1n) is 5.59. The Kier molecular flexibility index (Phi) is 4.51. The number of nitrogens with zero attached hydrogens (tertiary/aromatic N) is 1. The van der Waals surface area contributed by atoms with Crippen LogP contribution < -0.4 is 0 Å². The molecule has 1 fully saturated rings. The predicted molar refractivity (Wildman–Crippen MR) is 58.8 cm³/mol. The van der Waals surface area contributed by atoms with Gasteiger partial charge in [0.15, 0.2) is 0 Å². The van der Waals surface area contributed by atoms with Crippen molar-refractivity contribution in [3.63, 3.8) is 0 Å². The molecule has 13 heavy (non-hydrogen) atoms. The number of hydrogen-bond acceptors (Lipinski definition) is 1. The molecule has 0 N–H and O–H groups in total. The van der Waals surface area contributed by atoms with Crippen LogP contribution in [0, 0.1) is 11.8 Å². The van der Waals surface area contributed by atoms with Crippen LogP contribution in [0.15, 0.2) is 12.7 Å². The van der Waals surface area contributed by atoms with E-state index in [4.69, 9.17) is 0 Å². The van der Waals surface area contributed by atoms with Gasteiger partial charge in [0.1, 0.15) is 0 Å². The van der Waals surface area contributed by atoms with E-state index in [0.29, 0.717) is 0 Å². The molecule has 0 amide bonds. The second-order valence-corrected chi connectivity index (χ2v) is 4.35. The summed E-state index contributed by atoms with van der Waals surface area (Å²) in [6.45, 7) is 8.68. The molecule has 0 bridgehead atoms. The molecule has 0 heterocycles. The van der Waals surface area contributed by atoms with Crippen LogP contribution in [0.4, 0.5) is 0 Å². The summed E-state index contributed by atoms with van der Waals surface area (Å²) in [6.07, 6.45) is 7.61. The summed E-state index contributed by atoms with van der Waals surface area (Å²) in [5, 5.41) is 0. The topological polar surface area (TPSA) is 3.24 Å². The van der Waals surface area contributed by atoms with E-state index >= 15 is 0 Å². The van der Waals surface area contributed by atoms with Gasteiger partial charge < -0.3 is 4.90 Å². The van der Waals surface area contributed by atoms with Crippen molar-refractivity contribution < 1.29 is 0 Å². The molecule has 0 aromatic rings. The van der Waals surface area contributed by atoms with E-state index in [0.717, 1.165) is 11.8 Å². The standard InChI is InChI=1S/C12H23N/c1-4-9-13(3)10-12-8-6-7-11(12)5-2/h5,11-12H,2,4,6-10H2,1,3H3. The Balaban J connectivity index is 2.30. The lowest BCUT2D eigenvalue weighted by Gasteiger charge is -2.23. The average molecular weight is 181 g/mol. The Morgan fingerprint density at radius 2 is 2.23 bits per heavy atom. The van der Waals surface area contributed by atoms with E-state index in [2.05, 4.69) is 31.5 Å². The Labute approximate surface area is 82.8 Å². The van der Waals surface area contributed by atoms with Crippen molar-refractivity contribution in [2.45, 2.75) is 32.6 Å². The van der Waals surface area contributed by atoms with Crippen LogP contribution in [0.5, 0.6) is 0 Å². The van der Waals surface area contributed by atoms with Gasteiger partial charge in [-0.15, -0.1) is 6.58 Å². The van der Waals surface area contributed by atoms with Gasteiger partial charge in [0, 0.05) is 6.54 Å². The van der Waals surface area contributed by atoms with E-state index in [-0.39, 0.29) is 0 Å². The summed E-state index contributed by atoms with van der Waals surface area (Å²) >= 11 is 0. The van der Waals surface area contributed by atoms with Gasteiger partial charge in [0.05, 0.1) is 0 Å². The van der Waals surface area contributed by atoms with Gasteiger partial charge in [-0.05, 0) is 44.7 Å². The van der Waals surface area contributed by atoms with E-state index in [1.54, 1.807) is 0 Å². The third-order valence-corrected chi connectivity index (χ3v) is 3.17. The maximum absolute atomic E-state index is 3.93. The molecule has 1 heteroatoms. The normalized spacial score (nSPS) is 28.2. The smallest absolute Gasteiger partial charge is 0.00122 e. The molecule has 0 aliphatic heterocycles. The van der Waals surface area contributed by atoms with E-state index < -0.39 is 0 Å². The summed E-state index contributed by atoms with van der Waals surface area (Å²) in [6, 6.07) is 0. The Hall–Kier alpha value is -0.300. The zero-order valence-corrected chi connectivity index (χ0v) is 9.13. The molecular formula is C12H23N. The van der Waals surface area contributed by atoms with Gasteiger partial charge in [-0.1, -0.05) is 19.4 Å². The average Bonchev–Trinajstić information content (AvgIpc) is 2.52. The molecule has 0 radical (unpaired) electrons. The van der Waals surface area contributed by atoms with Crippen LogP contribution in [-0.4, -0.2) is 25.0 Å². The van der Waals surface area contributed by atoms with E-state index in [1.165, 1.54) is 38.8 Å².